The summed E-state index contributed by atoms with van der Waals surface area (Å²) in [4.78, 5) is 32.0. The highest BCUT2D eigenvalue weighted by atomic mass is 17.4. The first-order valence-corrected chi connectivity index (χ1v) is 2.43. The van der Waals surface area contributed by atoms with Crippen LogP contribution in [0, 0.1) is 0 Å². The quantitative estimate of drug-likeness (QED) is 0.245. The molecule has 0 saturated carbocycles. The van der Waals surface area contributed by atoms with Crippen LogP contribution >= 0.6 is 0 Å². The van der Waals surface area contributed by atoms with Gasteiger partial charge in [-0.3, -0.25) is 4.79 Å². The average Bonchev–Trinajstić information content (AvgIpc) is 2.68. The Bertz CT molecular complexity index is 159. The van der Waals surface area contributed by atoms with Crippen molar-refractivity contribution in [1.82, 2.24) is 0 Å². The van der Waals surface area contributed by atoms with Crippen LogP contribution in [0.5, 0.6) is 0 Å². The lowest BCUT2D eigenvalue weighted by atomic mass is 10.3. The van der Waals surface area contributed by atoms with Crippen molar-refractivity contribution >= 4 is 11.8 Å². The highest BCUT2D eigenvalue weighted by Gasteiger charge is 2.36. The van der Waals surface area contributed by atoms with Crippen LogP contribution in [0.3, 0.4) is 0 Å². The molecule has 1 fully saturated rings. The molecule has 1 N–H and O–H groups in total. The Morgan fingerprint density at radius 2 is 2.10 bits per heavy atom. The number of Topliss-reactive ketones (excluding diaryl/α,β-unsaturated/α-hetero) is 1. The van der Waals surface area contributed by atoms with Gasteiger partial charge in [0.15, 0.2) is 0 Å². The largest absolute Gasteiger partial charge is 0.349 e. The number of carbonyl (C=O) groups excluding carboxylic acids is 2. The van der Waals surface area contributed by atoms with Gasteiger partial charge in [-0.15, -0.1) is 0 Å². The molecule has 1 heterocycles. The van der Waals surface area contributed by atoms with Gasteiger partial charge in [0.05, 0.1) is 0 Å². The molecule has 0 spiro atoms. The summed E-state index contributed by atoms with van der Waals surface area (Å²) >= 11 is 0. The second-order valence-corrected chi connectivity index (χ2v) is 1.63. The molecule has 0 atom stereocenters. The van der Waals surface area contributed by atoms with E-state index in [-0.39, 0.29) is 0 Å². The third kappa shape index (κ3) is 1.76. The van der Waals surface area contributed by atoms with E-state index in [9.17, 15) is 9.59 Å². The fourth-order valence-electron chi connectivity index (χ4n) is 0.393. The molecule has 0 aromatic heterocycles. The molecule has 1 saturated heterocycles. The zero-order chi connectivity index (χ0) is 7.56. The van der Waals surface area contributed by atoms with E-state index in [2.05, 4.69) is 14.7 Å². The number of ketones is 1. The molecule has 10 heavy (non-hydrogen) atoms. The summed E-state index contributed by atoms with van der Waals surface area (Å²) in [6.45, 7) is 0. The third-order valence-electron chi connectivity index (χ3n) is 0.876. The number of rotatable bonds is 3. The summed E-state index contributed by atoms with van der Waals surface area (Å²) in [7, 11) is 0. The predicted octanol–water partition coefficient (Wildman–Crippen LogP) is -0.750. The first kappa shape index (κ1) is 7.13. The SMILES string of the molecule is O=C(CC(=O)C1OO1)OO. The van der Waals surface area contributed by atoms with Crippen molar-refractivity contribution in [2.45, 2.75) is 12.7 Å². The maximum Gasteiger partial charge on any atom is 0.349 e. The van der Waals surface area contributed by atoms with E-state index < -0.39 is 24.5 Å². The lowest BCUT2D eigenvalue weighted by Crippen LogP contribution is -2.13. The zero-order valence-electron chi connectivity index (χ0n) is 4.77. The summed E-state index contributed by atoms with van der Waals surface area (Å²) in [6.07, 6.45) is -1.49. The molecule has 1 aliphatic rings. The zero-order valence-corrected chi connectivity index (χ0v) is 4.77. The highest BCUT2D eigenvalue weighted by molar-refractivity contribution is 5.97. The maximum atomic E-state index is 10.5. The van der Waals surface area contributed by atoms with Gasteiger partial charge in [-0.25, -0.2) is 4.79 Å². The van der Waals surface area contributed by atoms with Gasteiger partial charge in [0.2, 0.25) is 5.78 Å². The van der Waals surface area contributed by atoms with Crippen LogP contribution in [0.25, 0.3) is 0 Å². The van der Waals surface area contributed by atoms with Gasteiger partial charge in [-0.1, -0.05) is 0 Å². The molecule has 1 aliphatic heterocycles. The van der Waals surface area contributed by atoms with Crippen LogP contribution in [-0.4, -0.2) is 23.3 Å². The number of hydrogen-bond acceptors (Lipinski definition) is 6. The van der Waals surface area contributed by atoms with Crippen molar-refractivity contribution < 1.29 is 29.5 Å². The van der Waals surface area contributed by atoms with Gasteiger partial charge in [0.25, 0.3) is 6.29 Å². The molecule has 0 aliphatic carbocycles. The molecule has 1 rings (SSSR count). The Hall–Kier alpha value is -0.980. The maximum absolute atomic E-state index is 10.5. The van der Waals surface area contributed by atoms with E-state index in [0.717, 1.165) is 0 Å². The Labute approximate surface area is 55.1 Å². The van der Waals surface area contributed by atoms with E-state index in [4.69, 9.17) is 5.26 Å². The summed E-state index contributed by atoms with van der Waals surface area (Å²) in [5.41, 5.74) is 0. The molecule has 56 valence electrons. The standard InChI is InChI=1S/C4H4O6/c5-2(4-9-10-4)1-3(6)8-7/h4,7H,1H2. The molecule has 0 aromatic rings. The molecular formula is C4H4O6. The van der Waals surface area contributed by atoms with Gasteiger partial charge in [-0.2, -0.15) is 15.0 Å². The fraction of sp³-hybridized carbons (Fsp3) is 0.500. The van der Waals surface area contributed by atoms with Gasteiger partial charge in [0.1, 0.15) is 6.42 Å². The second-order valence-electron chi connectivity index (χ2n) is 1.63. The smallest absolute Gasteiger partial charge is 0.301 e. The monoisotopic (exact) mass is 148 g/mol. The van der Waals surface area contributed by atoms with Crippen molar-refractivity contribution in [2.24, 2.45) is 0 Å². The van der Waals surface area contributed by atoms with Gasteiger partial charge in [-0.05, 0) is 0 Å². The fourth-order valence-corrected chi connectivity index (χ4v) is 0.393. The van der Waals surface area contributed by atoms with Crippen LogP contribution in [0.15, 0.2) is 0 Å². The lowest BCUT2D eigenvalue weighted by Gasteiger charge is -1.89. The normalized spacial score (nSPS) is 16.5. The van der Waals surface area contributed by atoms with E-state index in [1.807, 2.05) is 0 Å². The van der Waals surface area contributed by atoms with Crippen LogP contribution in [0.1, 0.15) is 6.42 Å². The number of hydrogen-bond donors (Lipinski definition) is 1. The van der Waals surface area contributed by atoms with Crippen molar-refractivity contribution in [3.8, 4) is 0 Å². The molecular weight excluding hydrogens is 144 g/mol. The van der Waals surface area contributed by atoms with Gasteiger partial charge >= 0.3 is 5.97 Å². The third-order valence-corrected chi connectivity index (χ3v) is 0.876. The Morgan fingerprint density at radius 3 is 2.50 bits per heavy atom. The van der Waals surface area contributed by atoms with Crippen LogP contribution in [0.2, 0.25) is 0 Å². The van der Waals surface area contributed by atoms with Crippen molar-refractivity contribution in [3.05, 3.63) is 0 Å². The van der Waals surface area contributed by atoms with Crippen LogP contribution < -0.4 is 0 Å². The lowest BCUT2D eigenvalue weighted by molar-refractivity contribution is -0.233. The minimum atomic E-state index is -1.02. The van der Waals surface area contributed by atoms with Crippen molar-refractivity contribution in [2.75, 3.05) is 0 Å². The van der Waals surface area contributed by atoms with Crippen molar-refractivity contribution in [3.63, 3.8) is 0 Å². The molecule has 0 radical (unpaired) electrons. The second kappa shape index (κ2) is 2.74. The number of carbonyl (C=O) groups is 2. The minimum Gasteiger partial charge on any atom is -0.301 e. The van der Waals surface area contributed by atoms with Gasteiger partial charge in [0, 0.05) is 0 Å². The summed E-state index contributed by atoms with van der Waals surface area (Å²) < 4.78 is 0. The molecule has 0 aromatic carbocycles. The Morgan fingerprint density at radius 1 is 1.50 bits per heavy atom. The summed E-state index contributed by atoms with van der Waals surface area (Å²) in [6, 6.07) is 0. The first-order chi connectivity index (χ1) is 4.74. The minimum absolute atomic E-state index is 0.541. The molecule has 6 nitrogen and oxygen atoms in total. The van der Waals surface area contributed by atoms with E-state index >= 15 is 0 Å². The molecule has 0 bridgehead atoms. The van der Waals surface area contributed by atoms with Crippen LogP contribution in [-0.2, 0) is 24.3 Å². The molecule has 6 heteroatoms. The highest BCUT2D eigenvalue weighted by Crippen LogP contribution is 2.14. The Kier molecular flexibility index (Phi) is 1.95. The van der Waals surface area contributed by atoms with Crippen molar-refractivity contribution in [1.29, 1.82) is 0 Å². The van der Waals surface area contributed by atoms with E-state index in [1.54, 1.807) is 0 Å². The van der Waals surface area contributed by atoms with Gasteiger partial charge < -0.3 is 4.89 Å². The average molecular weight is 148 g/mol. The summed E-state index contributed by atoms with van der Waals surface area (Å²) in [5.74, 6) is -1.59. The van der Waals surface area contributed by atoms with E-state index in [0.29, 0.717) is 0 Å². The van der Waals surface area contributed by atoms with E-state index in [1.165, 1.54) is 0 Å². The molecule has 0 unspecified atom stereocenters. The topological polar surface area (TPSA) is 88.7 Å². The predicted molar refractivity (Wildman–Crippen MR) is 24.3 cm³/mol. The summed E-state index contributed by atoms with van der Waals surface area (Å²) in [5, 5.41) is 7.70. The molecule has 0 amide bonds. The van der Waals surface area contributed by atoms with Crippen LogP contribution in [0.4, 0.5) is 0 Å². The Balaban J connectivity index is 2.23. The first-order valence-electron chi connectivity index (χ1n) is 2.43.